The molecule has 19 heavy (non-hydrogen) atoms. The lowest BCUT2D eigenvalue weighted by atomic mass is 9.73. The molecule has 1 fully saturated rings. The smallest absolute Gasteiger partial charge is 0.314 e. The molecule has 5 nitrogen and oxygen atoms in total. The summed E-state index contributed by atoms with van der Waals surface area (Å²) < 4.78 is 15.1. The quantitative estimate of drug-likeness (QED) is 0.704. The van der Waals surface area contributed by atoms with E-state index >= 15 is 0 Å². The van der Waals surface area contributed by atoms with Crippen molar-refractivity contribution in [2.45, 2.75) is 13.8 Å². The zero-order valence-electron chi connectivity index (χ0n) is 11.6. The lowest BCUT2D eigenvalue weighted by Gasteiger charge is -2.31. The Labute approximate surface area is 112 Å². The number of ether oxygens (including phenoxy) is 3. The maximum absolute atomic E-state index is 12.0. The fourth-order valence-electron chi connectivity index (χ4n) is 2.89. The second-order valence-electron chi connectivity index (χ2n) is 4.82. The van der Waals surface area contributed by atoms with Gasteiger partial charge in [0.05, 0.1) is 39.3 Å². The highest BCUT2D eigenvalue weighted by Crippen LogP contribution is 2.42. The summed E-state index contributed by atoms with van der Waals surface area (Å²) in [7, 11) is 2.66. The molecule has 1 aliphatic carbocycles. The van der Waals surface area contributed by atoms with E-state index in [0.29, 0.717) is 13.2 Å². The van der Waals surface area contributed by atoms with Gasteiger partial charge in [0.2, 0.25) is 0 Å². The highest BCUT2D eigenvalue weighted by atomic mass is 16.5. The Kier molecular flexibility index (Phi) is 3.75. The number of hydrogen-bond acceptors (Lipinski definition) is 5. The van der Waals surface area contributed by atoms with Crippen molar-refractivity contribution in [2.75, 3.05) is 27.4 Å². The van der Waals surface area contributed by atoms with Crippen LogP contribution in [0.15, 0.2) is 22.3 Å². The van der Waals surface area contributed by atoms with E-state index in [1.165, 1.54) is 14.2 Å². The van der Waals surface area contributed by atoms with Crippen LogP contribution in [0.2, 0.25) is 0 Å². The minimum absolute atomic E-state index is 0.411. The fourth-order valence-corrected chi connectivity index (χ4v) is 2.89. The predicted octanol–water partition coefficient (Wildman–Crippen LogP) is 1.24. The highest BCUT2D eigenvalue weighted by molar-refractivity contribution is 5.88. The first-order chi connectivity index (χ1) is 9.02. The maximum atomic E-state index is 12.0. The second-order valence-corrected chi connectivity index (χ2v) is 4.82. The molecule has 0 N–H and O–H groups in total. The minimum Gasteiger partial charge on any atom is -0.469 e. The van der Waals surface area contributed by atoms with Gasteiger partial charge in [0.15, 0.2) is 0 Å². The summed E-state index contributed by atoms with van der Waals surface area (Å²) in [5, 5.41) is 0. The largest absolute Gasteiger partial charge is 0.469 e. The van der Waals surface area contributed by atoms with Crippen molar-refractivity contribution >= 4 is 11.9 Å². The molecule has 0 radical (unpaired) electrons. The van der Waals surface area contributed by atoms with Crippen LogP contribution >= 0.6 is 0 Å². The van der Waals surface area contributed by atoms with Gasteiger partial charge in [-0.2, -0.15) is 0 Å². The first kappa shape index (κ1) is 13.8. The Hall–Kier alpha value is -1.62. The molecule has 1 heterocycles. The molecule has 1 saturated heterocycles. The molecule has 0 unspecified atom stereocenters. The Morgan fingerprint density at radius 2 is 1.32 bits per heavy atom. The van der Waals surface area contributed by atoms with Gasteiger partial charge in [-0.05, 0) is 25.0 Å². The lowest BCUT2D eigenvalue weighted by molar-refractivity contribution is -0.154. The van der Waals surface area contributed by atoms with Crippen molar-refractivity contribution in [1.82, 2.24) is 0 Å². The first-order valence-corrected chi connectivity index (χ1v) is 6.16. The van der Waals surface area contributed by atoms with Crippen molar-refractivity contribution in [3.05, 3.63) is 22.3 Å². The van der Waals surface area contributed by atoms with E-state index < -0.39 is 23.8 Å². The molecule has 1 aliphatic heterocycles. The molecule has 2 atom stereocenters. The van der Waals surface area contributed by atoms with Gasteiger partial charge in [-0.25, -0.2) is 0 Å². The van der Waals surface area contributed by atoms with Crippen LogP contribution in [0.25, 0.3) is 0 Å². The van der Waals surface area contributed by atoms with Crippen LogP contribution in [0.5, 0.6) is 0 Å². The van der Waals surface area contributed by atoms with Gasteiger partial charge in [-0.15, -0.1) is 0 Å². The molecule has 0 aromatic heterocycles. The van der Waals surface area contributed by atoms with Gasteiger partial charge in [0, 0.05) is 0 Å². The van der Waals surface area contributed by atoms with E-state index in [1.54, 1.807) is 0 Å². The zero-order chi connectivity index (χ0) is 14.2. The maximum Gasteiger partial charge on any atom is 0.314 e. The molecule has 5 heteroatoms. The molecule has 0 saturated carbocycles. The van der Waals surface area contributed by atoms with Crippen LogP contribution in [0.4, 0.5) is 0 Å². The SMILES string of the molecule is COC(=O)[C@@H]1C(C)=C2COCC2=C(C)[C@H]1C(=O)OC. The molecular formula is C14H18O5. The highest BCUT2D eigenvalue weighted by Gasteiger charge is 2.44. The number of esters is 2. The van der Waals surface area contributed by atoms with Crippen LogP contribution in [-0.4, -0.2) is 39.4 Å². The van der Waals surface area contributed by atoms with Gasteiger partial charge >= 0.3 is 11.9 Å². The third-order valence-electron chi connectivity index (χ3n) is 3.99. The lowest BCUT2D eigenvalue weighted by Crippen LogP contribution is -2.36. The van der Waals surface area contributed by atoms with E-state index in [1.807, 2.05) is 13.8 Å². The molecule has 2 rings (SSSR count). The van der Waals surface area contributed by atoms with Gasteiger partial charge in [0.25, 0.3) is 0 Å². The summed E-state index contributed by atoms with van der Waals surface area (Å²) in [6, 6.07) is 0. The molecule has 0 aromatic carbocycles. The average Bonchev–Trinajstić information content (AvgIpc) is 2.90. The Morgan fingerprint density at radius 1 is 0.947 bits per heavy atom. The summed E-state index contributed by atoms with van der Waals surface area (Å²) in [5.74, 6) is -2.05. The van der Waals surface area contributed by atoms with E-state index in [-0.39, 0.29) is 0 Å². The van der Waals surface area contributed by atoms with E-state index in [9.17, 15) is 9.59 Å². The summed E-state index contributed by atoms with van der Waals surface area (Å²) in [5.41, 5.74) is 3.74. The molecule has 0 aromatic rings. The molecule has 0 bridgehead atoms. The summed E-state index contributed by atoms with van der Waals surface area (Å²) in [6.45, 7) is 4.68. The third-order valence-corrected chi connectivity index (χ3v) is 3.99. The van der Waals surface area contributed by atoms with Gasteiger partial charge in [-0.3, -0.25) is 9.59 Å². The van der Waals surface area contributed by atoms with Crippen LogP contribution < -0.4 is 0 Å². The topological polar surface area (TPSA) is 61.8 Å². The van der Waals surface area contributed by atoms with Crippen LogP contribution in [-0.2, 0) is 23.8 Å². The standard InChI is InChI=1S/C14H18O5/c1-7-9-5-19-6-10(9)8(2)12(14(16)18-4)11(7)13(15)17-3/h11-12H,5-6H2,1-4H3/t11-,12-/m1/s1. The Balaban J connectivity index is 2.54. The average molecular weight is 266 g/mol. The van der Waals surface area contributed by atoms with Gasteiger partial charge in [0.1, 0.15) is 0 Å². The number of methoxy groups -OCH3 is 2. The number of carbonyl (C=O) groups excluding carboxylic acids is 2. The third kappa shape index (κ3) is 2.08. The number of hydrogen-bond donors (Lipinski definition) is 0. The van der Waals surface area contributed by atoms with Crippen molar-refractivity contribution in [3.8, 4) is 0 Å². The molecule has 104 valence electrons. The number of fused-ring (bicyclic) bond motifs is 1. The predicted molar refractivity (Wildman–Crippen MR) is 67.2 cm³/mol. The summed E-state index contributed by atoms with van der Waals surface area (Å²) >= 11 is 0. The van der Waals surface area contributed by atoms with E-state index in [0.717, 1.165) is 22.3 Å². The van der Waals surface area contributed by atoms with Crippen LogP contribution in [0.1, 0.15) is 13.8 Å². The summed E-state index contributed by atoms with van der Waals surface area (Å²) in [6.07, 6.45) is 0. The molecule has 0 amide bonds. The van der Waals surface area contributed by atoms with Gasteiger partial charge < -0.3 is 14.2 Å². The molecule has 0 spiro atoms. The minimum atomic E-state index is -0.613. The fraction of sp³-hybridized carbons (Fsp3) is 0.571. The Morgan fingerprint density at radius 3 is 1.63 bits per heavy atom. The number of rotatable bonds is 2. The van der Waals surface area contributed by atoms with E-state index in [2.05, 4.69) is 0 Å². The summed E-state index contributed by atoms with van der Waals surface area (Å²) in [4.78, 5) is 24.0. The first-order valence-electron chi connectivity index (χ1n) is 6.16. The van der Waals surface area contributed by atoms with Crippen LogP contribution in [0, 0.1) is 11.8 Å². The van der Waals surface area contributed by atoms with Crippen molar-refractivity contribution in [1.29, 1.82) is 0 Å². The monoisotopic (exact) mass is 266 g/mol. The second kappa shape index (κ2) is 5.17. The normalized spacial score (nSPS) is 26.3. The van der Waals surface area contributed by atoms with Crippen LogP contribution in [0.3, 0.4) is 0 Å². The van der Waals surface area contributed by atoms with E-state index in [4.69, 9.17) is 14.2 Å². The van der Waals surface area contributed by atoms with Gasteiger partial charge in [-0.1, -0.05) is 11.1 Å². The Bertz CT molecular complexity index is 442. The number of carbonyl (C=O) groups is 2. The van der Waals surface area contributed by atoms with Crippen molar-refractivity contribution in [3.63, 3.8) is 0 Å². The van der Waals surface area contributed by atoms with Crippen molar-refractivity contribution in [2.24, 2.45) is 11.8 Å². The molecule has 2 aliphatic rings. The molecular weight excluding hydrogens is 248 g/mol. The van der Waals surface area contributed by atoms with Crippen molar-refractivity contribution < 1.29 is 23.8 Å². The zero-order valence-corrected chi connectivity index (χ0v) is 11.6.